The second-order valence-electron chi connectivity index (χ2n) is 3.76. The van der Waals surface area contributed by atoms with Crippen molar-refractivity contribution in [1.82, 2.24) is 0 Å². The molecular weight excluding hydrogens is 292 g/mol. The molecule has 0 aromatic heterocycles. The lowest BCUT2D eigenvalue weighted by Crippen LogP contribution is -2.12. The van der Waals surface area contributed by atoms with E-state index in [0.29, 0.717) is 5.56 Å². The van der Waals surface area contributed by atoms with Crippen molar-refractivity contribution in [1.29, 1.82) is 0 Å². The van der Waals surface area contributed by atoms with Crippen LogP contribution in [-0.4, -0.2) is 13.0 Å². The highest BCUT2D eigenvalue weighted by Gasteiger charge is 2.08. The zero-order chi connectivity index (χ0) is 13.0. The topological polar surface area (TPSA) is 41.1 Å². The van der Waals surface area contributed by atoms with E-state index in [2.05, 4.69) is 26.6 Å². The summed E-state index contributed by atoms with van der Waals surface area (Å²) >= 11 is 3.39. The van der Waals surface area contributed by atoms with Crippen LogP contribution in [-0.2, 0) is 0 Å². The summed E-state index contributed by atoms with van der Waals surface area (Å²) in [5.41, 5.74) is 2.27. The van der Waals surface area contributed by atoms with Crippen LogP contribution >= 0.6 is 15.9 Å². The normalized spacial score (nSPS) is 9.89. The van der Waals surface area contributed by atoms with E-state index in [1.54, 1.807) is 12.1 Å². The average molecular weight is 305 g/mol. The predicted octanol–water partition coefficient (Wildman–Crippen LogP) is 3.74. The Bertz CT molecular complexity index is 555. The van der Waals surface area contributed by atoms with Crippen molar-refractivity contribution in [3.05, 3.63) is 58.6 Å². The third-order valence-electron chi connectivity index (χ3n) is 2.54. The van der Waals surface area contributed by atoms with E-state index in [1.807, 2.05) is 43.4 Å². The summed E-state index contributed by atoms with van der Waals surface area (Å²) in [5.74, 6) is -0.120. The molecule has 0 fully saturated rings. The zero-order valence-electron chi connectivity index (χ0n) is 9.91. The van der Waals surface area contributed by atoms with Gasteiger partial charge < -0.3 is 10.6 Å². The Labute approximate surface area is 114 Å². The molecule has 0 saturated carbocycles. The Morgan fingerprint density at radius 2 is 1.78 bits per heavy atom. The fourth-order valence-corrected chi connectivity index (χ4v) is 1.98. The Balaban J connectivity index is 2.24. The first-order chi connectivity index (χ1) is 8.70. The van der Waals surface area contributed by atoms with Gasteiger partial charge in [0.15, 0.2) is 0 Å². The van der Waals surface area contributed by atoms with Crippen LogP contribution in [0.5, 0.6) is 0 Å². The molecule has 0 spiro atoms. The second kappa shape index (κ2) is 5.69. The Morgan fingerprint density at radius 3 is 2.44 bits per heavy atom. The van der Waals surface area contributed by atoms with E-state index in [-0.39, 0.29) is 5.91 Å². The quantitative estimate of drug-likeness (QED) is 0.907. The molecule has 2 aromatic carbocycles. The van der Waals surface area contributed by atoms with E-state index in [1.165, 1.54) is 0 Å². The molecule has 2 N–H and O–H groups in total. The van der Waals surface area contributed by atoms with E-state index >= 15 is 0 Å². The standard InChI is InChI=1S/C14H13BrN2O/c1-16-12-8-7-11(15)9-13(12)17-14(18)10-5-3-2-4-6-10/h2-9,16H,1H3,(H,17,18). The number of amides is 1. The zero-order valence-corrected chi connectivity index (χ0v) is 11.5. The number of halogens is 1. The minimum Gasteiger partial charge on any atom is -0.386 e. The first-order valence-corrected chi connectivity index (χ1v) is 6.33. The number of nitrogens with one attached hydrogen (secondary N) is 2. The van der Waals surface area contributed by atoms with Crippen LogP contribution in [0, 0.1) is 0 Å². The summed E-state index contributed by atoms with van der Waals surface area (Å²) in [6.45, 7) is 0. The summed E-state index contributed by atoms with van der Waals surface area (Å²) in [6.07, 6.45) is 0. The van der Waals surface area contributed by atoms with Crippen LogP contribution in [0.4, 0.5) is 11.4 Å². The number of anilines is 2. The van der Waals surface area contributed by atoms with Crippen molar-refractivity contribution in [2.75, 3.05) is 17.7 Å². The lowest BCUT2D eigenvalue weighted by atomic mass is 10.2. The molecule has 4 heteroatoms. The molecule has 2 aromatic rings. The van der Waals surface area contributed by atoms with Crippen LogP contribution in [0.2, 0.25) is 0 Å². The Kier molecular flexibility index (Phi) is 3.99. The highest BCUT2D eigenvalue weighted by molar-refractivity contribution is 9.10. The van der Waals surface area contributed by atoms with Crippen LogP contribution in [0.3, 0.4) is 0 Å². The van der Waals surface area contributed by atoms with Crippen LogP contribution in [0.15, 0.2) is 53.0 Å². The van der Waals surface area contributed by atoms with E-state index in [4.69, 9.17) is 0 Å². The fourth-order valence-electron chi connectivity index (χ4n) is 1.62. The molecule has 0 heterocycles. The first kappa shape index (κ1) is 12.6. The molecule has 0 bridgehead atoms. The summed E-state index contributed by atoms with van der Waals surface area (Å²) < 4.78 is 0.921. The van der Waals surface area contributed by atoms with Crippen LogP contribution in [0.25, 0.3) is 0 Å². The average Bonchev–Trinajstić information content (AvgIpc) is 2.40. The maximum absolute atomic E-state index is 12.0. The molecule has 0 radical (unpaired) electrons. The van der Waals surface area contributed by atoms with E-state index in [0.717, 1.165) is 15.8 Å². The van der Waals surface area contributed by atoms with Gasteiger partial charge in [-0.05, 0) is 30.3 Å². The number of carbonyl (C=O) groups excluding carboxylic acids is 1. The monoisotopic (exact) mass is 304 g/mol. The molecule has 0 aliphatic heterocycles. The molecule has 92 valence electrons. The summed E-state index contributed by atoms with van der Waals surface area (Å²) in [7, 11) is 1.82. The molecular formula is C14H13BrN2O. The Hall–Kier alpha value is -1.81. The van der Waals surface area contributed by atoms with Gasteiger partial charge in [-0.1, -0.05) is 34.1 Å². The lowest BCUT2D eigenvalue weighted by molar-refractivity contribution is 0.102. The smallest absolute Gasteiger partial charge is 0.255 e. The van der Waals surface area contributed by atoms with Crippen molar-refractivity contribution in [3.8, 4) is 0 Å². The third-order valence-corrected chi connectivity index (χ3v) is 3.03. The molecule has 0 aliphatic carbocycles. The van der Waals surface area contributed by atoms with Gasteiger partial charge in [-0.25, -0.2) is 0 Å². The van der Waals surface area contributed by atoms with Crippen molar-refractivity contribution in [3.63, 3.8) is 0 Å². The van der Waals surface area contributed by atoms with Gasteiger partial charge >= 0.3 is 0 Å². The molecule has 3 nitrogen and oxygen atoms in total. The number of benzene rings is 2. The van der Waals surface area contributed by atoms with Gasteiger partial charge in [-0.15, -0.1) is 0 Å². The molecule has 0 unspecified atom stereocenters. The molecule has 0 saturated heterocycles. The van der Waals surface area contributed by atoms with Crippen molar-refractivity contribution in [2.45, 2.75) is 0 Å². The highest BCUT2D eigenvalue weighted by atomic mass is 79.9. The van der Waals surface area contributed by atoms with Gasteiger partial charge in [0.05, 0.1) is 11.4 Å². The largest absolute Gasteiger partial charge is 0.386 e. The number of carbonyl (C=O) groups is 1. The first-order valence-electron chi connectivity index (χ1n) is 5.54. The maximum Gasteiger partial charge on any atom is 0.255 e. The highest BCUT2D eigenvalue weighted by Crippen LogP contribution is 2.26. The molecule has 0 aliphatic rings. The summed E-state index contributed by atoms with van der Waals surface area (Å²) in [5, 5.41) is 5.93. The third kappa shape index (κ3) is 2.90. The van der Waals surface area contributed by atoms with Gasteiger partial charge in [0.1, 0.15) is 0 Å². The molecule has 2 rings (SSSR count). The lowest BCUT2D eigenvalue weighted by Gasteiger charge is -2.11. The predicted molar refractivity (Wildman–Crippen MR) is 78.1 cm³/mol. The number of hydrogen-bond donors (Lipinski definition) is 2. The summed E-state index contributed by atoms with van der Waals surface area (Å²) in [4.78, 5) is 12.0. The number of hydrogen-bond acceptors (Lipinski definition) is 2. The van der Waals surface area contributed by atoms with Gasteiger partial charge in [0, 0.05) is 17.1 Å². The molecule has 18 heavy (non-hydrogen) atoms. The molecule has 1 amide bonds. The maximum atomic E-state index is 12.0. The minimum atomic E-state index is -0.120. The second-order valence-corrected chi connectivity index (χ2v) is 4.68. The van der Waals surface area contributed by atoms with E-state index in [9.17, 15) is 4.79 Å². The van der Waals surface area contributed by atoms with Gasteiger partial charge in [0.25, 0.3) is 5.91 Å². The summed E-state index contributed by atoms with van der Waals surface area (Å²) in [6, 6.07) is 14.8. The van der Waals surface area contributed by atoms with Gasteiger partial charge in [0.2, 0.25) is 0 Å². The number of rotatable bonds is 3. The van der Waals surface area contributed by atoms with Crippen LogP contribution in [0.1, 0.15) is 10.4 Å². The fraction of sp³-hybridized carbons (Fsp3) is 0.0714. The van der Waals surface area contributed by atoms with Crippen molar-refractivity contribution < 1.29 is 4.79 Å². The van der Waals surface area contributed by atoms with E-state index < -0.39 is 0 Å². The molecule has 0 atom stereocenters. The van der Waals surface area contributed by atoms with Crippen molar-refractivity contribution >= 4 is 33.2 Å². The minimum absolute atomic E-state index is 0.120. The van der Waals surface area contributed by atoms with Gasteiger partial charge in [-0.3, -0.25) is 4.79 Å². The SMILES string of the molecule is CNc1ccc(Br)cc1NC(=O)c1ccccc1. The van der Waals surface area contributed by atoms with Gasteiger partial charge in [-0.2, -0.15) is 0 Å². The van der Waals surface area contributed by atoms with Crippen LogP contribution < -0.4 is 10.6 Å². The van der Waals surface area contributed by atoms with Crippen molar-refractivity contribution in [2.24, 2.45) is 0 Å². The Morgan fingerprint density at radius 1 is 1.06 bits per heavy atom.